The van der Waals surface area contributed by atoms with Crippen molar-refractivity contribution in [3.63, 3.8) is 0 Å². The standard InChI is InChI=1S/C63H46N2/c1-63(41-13-12-28-61(63)64(52-21-6-3-7-22-52)53-37-35-47(36-38-53)46-31-29-45(30-32-46)44-16-4-2-5-17-44)51-20-14-19-49(42-51)57-25-15-27-60-62(57)58-24-10-11-26-59(58)65(60)54-39-40-56-50(43-54)34-33-48-18-8-9-23-55(48)56/h2-40,42-43H,41H2,1H3. The minimum absolute atomic E-state index is 0.330. The average Bonchev–Trinajstić information content (AvgIpc) is 3.72. The van der Waals surface area contributed by atoms with Crippen LogP contribution in [0.4, 0.5) is 11.4 Å². The second-order valence-corrected chi connectivity index (χ2v) is 17.5. The summed E-state index contributed by atoms with van der Waals surface area (Å²) >= 11 is 0. The van der Waals surface area contributed by atoms with Gasteiger partial charge in [0.2, 0.25) is 0 Å². The van der Waals surface area contributed by atoms with Crippen molar-refractivity contribution < 1.29 is 0 Å². The van der Waals surface area contributed by atoms with Crippen LogP contribution >= 0.6 is 0 Å². The van der Waals surface area contributed by atoms with Crippen LogP contribution in [0.2, 0.25) is 0 Å². The van der Waals surface area contributed by atoms with Crippen molar-refractivity contribution >= 4 is 54.7 Å². The van der Waals surface area contributed by atoms with Crippen molar-refractivity contribution in [3.8, 4) is 39.1 Å². The Kier molecular flexibility index (Phi) is 9.39. The Balaban J connectivity index is 0.935. The summed E-state index contributed by atoms with van der Waals surface area (Å²) in [4.78, 5) is 2.46. The van der Waals surface area contributed by atoms with Crippen molar-refractivity contribution in [3.05, 3.63) is 260 Å². The minimum Gasteiger partial charge on any atom is -0.313 e. The van der Waals surface area contributed by atoms with Gasteiger partial charge >= 0.3 is 0 Å². The zero-order chi connectivity index (χ0) is 43.3. The van der Waals surface area contributed by atoms with Crippen LogP contribution in [0.5, 0.6) is 0 Å². The number of anilines is 2. The van der Waals surface area contributed by atoms with E-state index in [1.807, 2.05) is 0 Å². The number of nitrogens with zero attached hydrogens (tertiary/aromatic N) is 2. The molecule has 1 unspecified atom stereocenters. The summed E-state index contributed by atoms with van der Waals surface area (Å²) in [7, 11) is 0. The first-order valence-corrected chi connectivity index (χ1v) is 22.6. The largest absolute Gasteiger partial charge is 0.313 e. The number of rotatable bonds is 8. The molecule has 0 aliphatic heterocycles. The first-order chi connectivity index (χ1) is 32.1. The first-order valence-electron chi connectivity index (χ1n) is 22.6. The van der Waals surface area contributed by atoms with E-state index in [1.165, 1.54) is 88.0 Å². The molecule has 12 rings (SSSR count). The van der Waals surface area contributed by atoms with Gasteiger partial charge in [0.25, 0.3) is 0 Å². The fraction of sp³-hybridized carbons (Fsp3) is 0.0476. The van der Waals surface area contributed by atoms with E-state index < -0.39 is 0 Å². The smallest absolute Gasteiger partial charge is 0.0547 e. The van der Waals surface area contributed by atoms with Crippen molar-refractivity contribution in [2.75, 3.05) is 4.90 Å². The maximum Gasteiger partial charge on any atom is 0.0547 e. The van der Waals surface area contributed by atoms with Crippen LogP contribution in [0, 0.1) is 0 Å². The molecule has 0 fully saturated rings. The second-order valence-electron chi connectivity index (χ2n) is 17.5. The molecular weight excluding hydrogens is 785 g/mol. The van der Waals surface area contributed by atoms with Gasteiger partial charge in [-0.2, -0.15) is 0 Å². The molecule has 308 valence electrons. The van der Waals surface area contributed by atoms with Gasteiger partial charge in [-0.1, -0.05) is 194 Å². The molecule has 1 atom stereocenters. The molecule has 0 saturated heterocycles. The van der Waals surface area contributed by atoms with Crippen LogP contribution < -0.4 is 4.90 Å². The molecule has 1 aliphatic carbocycles. The molecule has 0 N–H and O–H groups in total. The normalized spacial score (nSPS) is 14.9. The fourth-order valence-corrected chi connectivity index (χ4v) is 10.3. The lowest BCUT2D eigenvalue weighted by atomic mass is 9.73. The molecule has 11 aromatic rings. The quantitative estimate of drug-likeness (QED) is 0.139. The number of aromatic nitrogens is 1. The molecule has 2 nitrogen and oxygen atoms in total. The molecular formula is C63H46N2. The summed E-state index contributed by atoms with van der Waals surface area (Å²) < 4.78 is 2.45. The van der Waals surface area contributed by atoms with Gasteiger partial charge < -0.3 is 9.47 Å². The number of fused-ring (bicyclic) bond motifs is 6. The number of benzene rings is 10. The third-order valence-electron chi connectivity index (χ3n) is 13.7. The van der Waals surface area contributed by atoms with Gasteiger partial charge in [0.1, 0.15) is 0 Å². The lowest BCUT2D eigenvalue weighted by Gasteiger charge is -2.41. The summed E-state index contributed by atoms with van der Waals surface area (Å²) in [5, 5.41) is 7.58. The number of allylic oxidation sites excluding steroid dienone is 4. The molecule has 0 bridgehead atoms. The molecule has 10 aromatic carbocycles. The van der Waals surface area contributed by atoms with E-state index >= 15 is 0 Å². The van der Waals surface area contributed by atoms with Crippen LogP contribution in [0.3, 0.4) is 0 Å². The van der Waals surface area contributed by atoms with Crippen molar-refractivity contribution in [2.45, 2.75) is 18.8 Å². The molecule has 2 heteroatoms. The zero-order valence-electron chi connectivity index (χ0n) is 36.3. The highest BCUT2D eigenvalue weighted by Crippen LogP contribution is 2.47. The highest BCUT2D eigenvalue weighted by atomic mass is 15.2. The monoisotopic (exact) mass is 830 g/mol. The molecule has 0 spiro atoms. The SMILES string of the molecule is CC1(c2cccc(-c3cccc4c3c3ccccc3n4-c3ccc4c(ccc5ccccc54)c3)c2)CC=CC=C1N(c1ccccc1)c1ccc(-c2ccc(-c3ccccc3)cc2)cc1. The van der Waals surface area contributed by atoms with Crippen LogP contribution in [0.15, 0.2) is 254 Å². The Labute approximate surface area is 380 Å². The molecule has 0 amide bonds. The van der Waals surface area contributed by atoms with E-state index in [2.05, 4.69) is 265 Å². The summed E-state index contributed by atoms with van der Waals surface area (Å²) in [5.41, 5.74) is 15.3. The molecule has 1 aliphatic rings. The van der Waals surface area contributed by atoms with E-state index in [1.54, 1.807) is 0 Å². The minimum atomic E-state index is -0.330. The lowest BCUT2D eigenvalue weighted by molar-refractivity contribution is 0.549. The summed E-state index contributed by atoms with van der Waals surface area (Å²) in [6.07, 6.45) is 7.74. The first kappa shape index (κ1) is 38.5. The summed E-state index contributed by atoms with van der Waals surface area (Å²) in [5.74, 6) is 0. The van der Waals surface area contributed by atoms with Gasteiger partial charge in [-0.3, -0.25) is 0 Å². The van der Waals surface area contributed by atoms with Crippen molar-refractivity contribution in [1.29, 1.82) is 0 Å². The van der Waals surface area contributed by atoms with E-state index in [4.69, 9.17) is 0 Å². The van der Waals surface area contributed by atoms with Crippen molar-refractivity contribution in [1.82, 2.24) is 4.57 Å². The van der Waals surface area contributed by atoms with Gasteiger partial charge in [0.15, 0.2) is 0 Å². The zero-order valence-corrected chi connectivity index (χ0v) is 36.3. The Morgan fingerprint density at radius 2 is 1.02 bits per heavy atom. The van der Waals surface area contributed by atoms with E-state index in [-0.39, 0.29) is 5.41 Å². The Morgan fingerprint density at radius 3 is 1.80 bits per heavy atom. The predicted octanol–water partition coefficient (Wildman–Crippen LogP) is 17.0. The molecule has 1 aromatic heterocycles. The van der Waals surface area contributed by atoms with Crippen molar-refractivity contribution in [2.24, 2.45) is 0 Å². The molecule has 0 saturated carbocycles. The highest BCUT2D eigenvalue weighted by Gasteiger charge is 2.36. The van der Waals surface area contributed by atoms with Gasteiger partial charge in [0, 0.05) is 38.9 Å². The number of para-hydroxylation sites is 2. The third kappa shape index (κ3) is 6.65. The number of hydrogen-bond donors (Lipinski definition) is 0. The maximum absolute atomic E-state index is 2.46. The number of hydrogen-bond acceptors (Lipinski definition) is 1. The second kappa shape index (κ2) is 15.9. The highest BCUT2D eigenvalue weighted by molar-refractivity contribution is 6.16. The molecule has 0 radical (unpaired) electrons. The van der Waals surface area contributed by atoms with E-state index in [0.29, 0.717) is 0 Å². The Morgan fingerprint density at radius 1 is 0.431 bits per heavy atom. The molecule has 65 heavy (non-hydrogen) atoms. The maximum atomic E-state index is 2.46. The average molecular weight is 831 g/mol. The lowest BCUT2D eigenvalue weighted by Crippen LogP contribution is -2.35. The van der Waals surface area contributed by atoms with Gasteiger partial charge in [-0.25, -0.2) is 0 Å². The third-order valence-corrected chi connectivity index (χ3v) is 13.7. The van der Waals surface area contributed by atoms with Crippen LogP contribution in [-0.2, 0) is 5.41 Å². The van der Waals surface area contributed by atoms with Gasteiger partial charge in [0.05, 0.1) is 11.0 Å². The van der Waals surface area contributed by atoms with Gasteiger partial charge in [-0.05, 0) is 128 Å². The summed E-state index contributed by atoms with van der Waals surface area (Å²) in [6, 6.07) is 84.5. The summed E-state index contributed by atoms with van der Waals surface area (Å²) in [6.45, 7) is 2.41. The Bertz CT molecular complexity index is 3610. The predicted molar refractivity (Wildman–Crippen MR) is 276 cm³/mol. The van der Waals surface area contributed by atoms with E-state index in [0.717, 1.165) is 23.5 Å². The topological polar surface area (TPSA) is 8.17 Å². The fourth-order valence-electron chi connectivity index (χ4n) is 10.3. The van der Waals surface area contributed by atoms with Crippen LogP contribution in [0.1, 0.15) is 18.9 Å². The Hall–Kier alpha value is -8.20. The molecule has 1 heterocycles. The van der Waals surface area contributed by atoms with Crippen LogP contribution in [0.25, 0.3) is 82.4 Å². The van der Waals surface area contributed by atoms with Gasteiger partial charge in [-0.15, -0.1) is 0 Å². The van der Waals surface area contributed by atoms with E-state index in [9.17, 15) is 0 Å². The van der Waals surface area contributed by atoms with Crippen LogP contribution in [-0.4, -0.2) is 4.57 Å².